The van der Waals surface area contributed by atoms with Crippen molar-refractivity contribution in [3.63, 3.8) is 0 Å². The summed E-state index contributed by atoms with van der Waals surface area (Å²) < 4.78 is 14.3. The first-order chi connectivity index (χ1) is 21.5. The van der Waals surface area contributed by atoms with E-state index in [1.165, 1.54) is 0 Å². The van der Waals surface area contributed by atoms with Gasteiger partial charge in [0.1, 0.15) is 0 Å². The van der Waals surface area contributed by atoms with Crippen LogP contribution in [0.3, 0.4) is 0 Å². The molecule has 0 spiro atoms. The van der Waals surface area contributed by atoms with Crippen molar-refractivity contribution in [3.8, 4) is 0 Å². The molecule has 0 atom stereocenters. The summed E-state index contributed by atoms with van der Waals surface area (Å²) in [5.74, 6) is 0. The van der Waals surface area contributed by atoms with Gasteiger partial charge in [-0.25, -0.2) is 0 Å². The van der Waals surface area contributed by atoms with Crippen LogP contribution in [0.4, 0.5) is 0 Å². The quantitative estimate of drug-likeness (QED) is 0.104. The molecule has 0 saturated heterocycles. The Kier molecular flexibility index (Phi) is 8.78. The first-order valence-electron chi connectivity index (χ1n) is 14.6. The summed E-state index contributed by atoms with van der Waals surface area (Å²) in [4.78, 5) is 0. The molecule has 0 bridgehead atoms. The van der Waals surface area contributed by atoms with Gasteiger partial charge in [-0.15, -0.1) is 0 Å². The number of hydrogen-bond donors (Lipinski definition) is 0. The summed E-state index contributed by atoms with van der Waals surface area (Å²) in [7, 11) is 0. The van der Waals surface area contributed by atoms with Crippen molar-refractivity contribution in [2.24, 2.45) is 0 Å². The van der Waals surface area contributed by atoms with Gasteiger partial charge in [0.2, 0.25) is 0 Å². The van der Waals surface area contributed by atoms with Crippen molar-refractivity contribution >= 4 is 66.7 Å². The van der Waals surface area contributed by atoms with Crippen molar-refractivity contribution in [1.29, 1.82) is 0 Å². The van der Waals surface area contributed by atoms with E-state index in [0.717, 1.165) is 31.8 Å². The summed E-state index contributed by atoms with van der Waals surface area (Å²) in [5, 5.41) is 5.56. The topological polar surface area (TPSA) is 18.5 Å². The average molecular weight is 656 g/mol. The molecule has 0 aliphatic rings. The monoisotopic (exact) mass is 654 g/mol. The molecule has 0 amide bonds. The second kappa shape index (κ2) is 12.6. The molecule has 6 heteroatoms. The fraction of sp³-hybridized carbons (Fsp3) is 0.0526. The summed E-state index contributed by atoms with van der Waals surface area (Å²) in [6, 6.07) is 60.8. The van der Waals surface area contributed by atoms with Crippen LogP contribution in [0.2, 0.25) is 0 Å². The van der Waals surface area contributed by atoms with Gasteiger partial charge in [0.25, 0.3) is 0 Å². The summed E-state index contributed by atoms with van der Waals surface area (Å²) in [6.45, 7) is 0.411. The molecule has 222 valence electrons. The van der Waals surface area contributed by atoms with Crippen molar-refractivity contribution < 1.29 is 9.05 Å². The van der Waals surface area contributed by atoms with Crippen molar-refractivity contribution in [1.82, 2.24) is 0 Å². The predicted molar refractivity (Wildman–Crippen MR) is 194 cm³/mol. The van der Waals surface area contributed by atoms with E-state index < -0.39 is 12.4 Å². The van der Waals surface area contributed by atoms with Gasteiger partial charge in [0, 0.05) is 0 Å². The van der Waals surface area contributed by atoms with E-state index in [0.29, 0.717) is 0 Å². The molecule has 0 unspecified atom stereocenters. The van der Waals surface area contributed by atoms with E-state index in [9.17, 15) is 0 Å². The standard InChI is InChI=1S/C38H34Cl2O2P2/c39-43(33-19-7-1-8-20-33,34-21-9-2-10-22-34,35-23-11-3-12-24-35)41-31-32-42-44(40,36-25-13-4-14-26-36,37-27-15-5-16-28-37)38-29-17-6-18-30-38/h1-30H,31-32H2. The minimum absolute atomic E-state index is 0.205. The van der Waals surface area contributed by atoms with Crippen LogP contribution in [0, 0.1) is 0 Å². The van der Waals surface area contributed by atoms with Gasteiger partial charge in [0.05, 0.1) is 0 Å². The molecule has 0 saturated carbocycles. The van der Waals surface area contributed by atoms with E-state index in [1.54, 1.807) is 0 Å². The summed E-state index contributed by atoms with van der Waals surface area (Å²) >= 11 is 16.3. The van der Waals surface area contributed by atoms with Gasteiger partial charge in [-0.2, -0.15) is 0 Å². The zero-order valence-corrected chi connectivity index (χ0v) is 27.5. The molecular weight excluding hydrogens is 621 g/mol. The maximum atomic E-state index is 8.14. The van der Waals surface area contributed by atoms with Crippen LogP contribution in [0.1, 0.15) is 0 Å². The maximum absolute atomic E-state index is 8.14. The number of hydrogen-bond acceptors (Lipinski definition) is 2. The molecule has 0 aliphatic heterocycles. The predicted octanol–water partition coefficient (Wildman–Crippen LogP) is 8.22. The molecule has 0 aliphatic carbocycles. The first-order valence-corrected chi connectivity index (χ1v) is 20.7. The Balaban J connectivity index is 1.47. The van der Waals surface area contributed by atoms with Gasteiger partial charge in [-0.1, -0.05) is 0 Å². The molecule has 0 radical (unpaired) electrons. The number of benzene rings is 6. The van der Waals surface area contributed by atoms with E-state index in [4.69, 9.17) is 31.5 Å². The van der Waals surface area contributed by atoms with E-state index in [2.05, 4.69) is 72.8 Å². The Morgan fingerprint density at radius 3 is 0.614 bits per heavy atom. The third-order valence-electron chi connectivity index (χ3n) is 8.06. The van der Waals surface area contributed by atoms with Crippen LogP contribution in [0.5, 0.6) is 0 Å². The normalized spacial score (nSPS) is 13.7. The van der Waals surface area contributed by atoms with Gasteiger partial charge in [-0.3, -0.25) is 0 Å². The molecule has 0 heterocycles. The Bertz CT molecular complexity index is 1460. The third-order valence-corrected chi connectivity index (χ3v) is 20.8. The molecular formula is C38H34Cl2O2P2. The van der Waals surface area contributed by atoms with E-state index in [-0.39, 0.29) is 13.2 Å². The van der Waals surface area contributed by atoms with Crippen LogP contribution < -0.4 is 31.8 Å². The first kappa shape index (κ1) is 30.7. The van der Waals surface area contributed by atoms with E-state index >= 15 is 0 Å². The molecule has 0 aromatic heterocycles. The van der Waals surface area contributed by atoms with Crippen LogP contribution in [0.15, 0.2) is 182 Å². The second-order valence-electron chi connectivity index (χ2n) is 10.5. The molecule has 6 aromatic rings. The molecule has 2 nitrogen and oxygen atoms in total. The average Bonchev–Trinajstić information content (AvgIpc) is 3.12. The molecule has 44 heavy (non-hydrogen) atoms. The van der Waals surface area contributed by atoms with Gasteiger partial charge < -0.3 is 0 Å². The molecule has 6 aromatic carbocycles. The van der Waals surface area contributed by atoms with Crippen LogP contribution >= 0.6 is 34.8 Å². The van der Waals surface area contributed by atoms with Crippen LogP contribution in [0.25, 0.3) is 0 Å². The van der Waals surface area contributed by atoms with Crippen molar-refractivity contribution in [2.75, 3.05) is 13.2 Å². The van der Waals surface area contributed by atoms with Gasteiger partial charge >= 0.3 is 271 Å². The molecule has 6 rings (SSSR count). The van der Waals surface area contributed by atoms with Crippen molar-refractivity contribution in [3.05, 3.63) is 182 Å². The minimum atomic E-state index is -3.94. The summed E-state index contributed by atoms with van der Waals surface area (Å²) in [6.07, 6.45) is -7.88. The van der Waals surface area contributed by atoms with Gasteiger partial charge in [-0.05, 0) is 0 Å². The second-order valence-corrected chi connectivity index (χ2v) is 21.8. The van der Waals surface area contributed by atoms with Gasteiger partial charge in [0.15, 0.2) is 0 Å². The fourth-order valence-electron chi connectivity index (χ4n) is 5.92. The zero-order chi connectivity index (χ0) is 30.4. The fourth-order valence-corrected chi connectivity index (χ4v) is 16.1. The van der Waals surface area contributed by atoms with Crippen LogP contribution in [-0.4, -0.2) is 13.2 Å². The Hall–Kier alpha value is -3.32. The van der Waals surface area contributed by atoms with E-state index in [1.807, 2.05) is 109 Å². The summed E-state index contributed by atoms with van der Waals surface area (Å²) in [5.41, 5.74) is 0. The number of rotatable bonds is 11. The van der Waals surface area contributed by atoms with Crippen molar-refractivity contribution in [2.45, 2.75) is 0 Å². The zero-order valence-electron chi connectivity index (χ0n) is 24.2. The Morgan fingerprint density at radius 1 is 0.295 bits per heavy atom. The number of halogens is 2. The molecule has 0 fully saturated rings. The Labute approximate surface area is 269 Å². The Morgan fingerprint density at radius 2 is 0.455 bits per heavy atom. The SMILES string of the molecule is ClP(OCCOP(Cl)(c1ccccc1)(c1ccccc1)c1ccccc1)(c1ccccc1)(c1ccccc1)c1ccccc1. The third kappa shape index (κ3) is 5.11. The van der Waals surface area contributed by atoms with Crippen LogP contribution in [-0.2, 0) is 9.05 Å². The molecule has 0 N–H and O–H groups in total.